The average molecular weight is 374 g/mol. The molecule has 0 radical (unpaired) electrons. The van der Waals surface area contributed by atoms with E-state index >= 15 is 0 Å². The number of nitrogens with zero attached hydrogens (tertiary/aromatic N) is 2. The molecule has 0 atom stereocenters. The van der Waals surface area contributed by atoms with Crippen LogP contribution in [0.1, 0.15) is 16.1 Å². The molecule has 0 spiro atoms. The molecule has 26 heavy (non-hydrogen) atoms. The molecular weight excluding hydrogens is 358 g/mol. The summed E-state index contributed by atoms with van der Waals surface area (Å²) >= 11 is 6.16. The van der Waals surface area contributed by atoms with E-state index in [1.54, 1.807) is 31.2 Å². The summed E-state index contributed by atoms with van der Waals surface area (Å²) in [7, 11) is 2.83. The number of hydrogen-bond donors (Lipinski definition) is 1. The molecule has 7 nitrogen and oxygen atoms in total. The lowest BCUT2D eigenvalue weighted by molar-refractivity contribution is 0.102. The summed E-state index contributed by atoms with van der Waals surface area (Å²) in [5.41, 5.74) is -0.0945. The van der Waals surface area contributed by atoms with E-state index in [2.05, 4.69) is 5.32 Å². The van der Waals surface area contributed by atoms with E-state index in [-0.39, 0.29) is 11.4 Å². The Labute approximate surface area is 153 Å². The zero-order chi connectivity index (χ0) is 19.0. The van der Waals surface area contributed by atoms with Crippen LogP contribution in [-0.2, 0) is 14.1 Å². The second-order valence-electron chi connectivity index (χ2n) is 5.78. The van der Waals surface area contributed by atoms with E-state index < -0.39 is 17.2 Å². The molecular formula is C18H16ClN3O4. The molecule has 0 aliphatic heterocycles. The molecule has 2 heterocycles. The molecule has 0 saturated heterocycles. The lowest BCUT2D eigenvalue weighted by Gasteiger charge is -2.10. The summed E-state index contributed by atoms with van der Waals surface area (Å²) in [5, 5.41) is 3.08. The van der Waals surface area contributed by atoms with Gasteiger partial charge in [-0.1, -0.05) is 23.7 Å². The predicted octanol–water partition coefficient (Wildman–Crippen LogP) is 2.56. The van der Waals surface area contributed by atoms with E-state index in [1.807, 2.05) is 6.07 Å². The Kier molecular flexibility index (Phi) is 4.56. The minimum atomic E-state index is -0.534. The third-order valence-electron chi connectivity index (χ3n) is 4.07. The first kappa shape index (κ1) is 17.8. The van der Waals surface area contributed by atoms with Gasteiger partial charge in [0, 0.05) is 25.7 Å². The SMILES string of the molecule is Cc1oc(-c2ccccc2Cl)cc1C(=O)Nc1cc(=O)n(C)c(=O)n1C. The Hall–Kier alpha value is -3.06. The molecule has 2 aromatic heterocycles. The second kappa shape index (κ2) is 6.68. The molecule has 134 valence electrons. The van der Waals surface area contributed by atoms with Crippen LogP contribution in [0.25, 0.3) is 11.3 Å². The summed E-state index contributed by atoms with van der Waals surface area (Å²) in [4.78, 5) is 36.3. The van der Waals surface area contributed by atoms with Gasteiger partial charge >= 0.3 is 5.69 Å². The number of carbonyl (C=O) groups is 1. The van der Waals surface area contributed by atoms with Gasteiger partial charge in [0.1, 0.15) is 17.3 Å². The third kappa shape index (κ3) is 3.09. The number of hydrogen-bond acceptors (Lipinski definition) is 4. The summed E-state index contributed by atoms with van der Waals surface area (Å²) in [6, 6.07) is 9.88. The van der Waals surface area contributed by atoms with Crippen molar-refractivity contribution in [3.63, 3.8) is 0 Å². The van der Waals surface area contributed by atoms with Crippen LogP contribution in [0.4, 0.5) is 5.82 Å². The number of amides is 1. The summed E-state index contributed by atoms with van der Waals surface area (Å²) in [6.07, 6.45) is 0. The predicted molar refractivity (Wildman–Crippen MR) is 98.8 cm³/mol. The largest absolute Gasteiger partial charge is 0.460 e. The van der Waals surface area contributed by atoms with Gasteiger partial charge in [0.25, 0.3) is 11.5 Å². The van der Waals surface area contributed by atoms with E-state index in [9.17, 15) is 14.4 Å². The smallest absolute Gasteiger partial charge is 0.332 e. The number of benzene rings is 1. The molecule has 0 fully saturated rings. The number of furan rings is 1. The highest BCUT2D eigenvalue weighted by molar-refractivity contribution is 6.33. The number of aromatic nitrogens is 2. The van der Waals surface area contributed by atoms with Gasteiger partial charge in [0.15, 0.2) is 0 Å². The van der Waals surface area contributed by atoms with E-state index in [0.29, 0.717) is 22.1 Å². The van der Waals surface area contributed by atoms with Crippen molar-refractivity contribution in [2.24, 2.45) is 14.1 Å². The highest BCUT2D eigenvalue weighted by atomic mass is 35.5. The highest BCUT2D eigenvalue weighted by Crippen LogP contribution is 2.31. The van der Waals surface area contributed by atoms with Crippen molar-refractivity contribution in [1.29, 1.82) is 0 Å². The molecule has 0 bridgehead atoms. The lowest BCUT2D eigenvalue weighted by Crippen LogP contribution is -2.38. The molecule has 0 saturated carbocycles. The van der Waals surface area contributed by atoms with Gasteiger partial charge in [0.2, 0.25) is 0 Å². The molecule has 0 aliphatic rings. The Balaban J connectivity index is 1.97. The third-order valence-corrected chi connectivity index (χ3v) is 4.40. The number of rotatable bonds is 3. The van der Waals surface area contributed by atoms with Gasteiger partial charge in [-0.15, -0.1) is 0 Å². The van der Waals surface area contributed by atoms with E-state index in [1.165, 1.54) is 24.7 Å². The topological polar surface area (TPSA) is 86.2 Å². The van der Waals surface area contributed by atoms with Gasteiger partial charge in [-0.25, -0.2) is 4.79 Å². The van der Waals surface area contributed by atoms with Crippen LogP contribution >= 0.6 is 11.6 Å². The molecule has 1 N–H and O–H groups in total. The number of carbonyl (C=O) groups excluding carboxylic acids is 1. The van der Waals surface area contributed by atoms with Gasteiger partial charge in [0.05, 0.1) is 10.6 Å². The fourth-order valence-electron chi connectivity index (χ4n) is 2.54. The molecule has 3 rings (SSSR count). The highest BCUT2D eigenvalue weighted by Gasteiger charge is 2.18. The molecule has 1 aromatic carbocycles. The maximum absolute atomic E-state index is 12.6. The molecule has 3 aromatic rings. The van der Waals surface area contributed by atoms with Crippen molar-refractivity contribution >= 4 is 23.3 Å². The second-order valence-corrected chi connectivity index (χ2v) is 6.19. The summed E-state index contributed by atoms with van der Waals surface area (Å²) < 4.78 is 7.79. The van der Waals surface area contributed by atoms with Crippen LogP contribution in [0.2, 0.25) is 5.02 Å². The Morgan fingerprint density at radius 1 is 1.12 bits per heavy atom. The maximum Gasteiger partial charge on any atom is 0.332 e. The lowest BCUT2D eigenvalue weighted by atomic mass is 10.1. The summed E-state index contributed by atoms with van der Waals surface area (Å²) in [5.74, 6) is 0.457. The van der Waals surface area contributed by atoms with Crippen molar-refractivity contribution < 1.29 is 9.21 Å². The van der Waals surface area contributed by atoms with Crippen LogP contribution in [0.15, 0.2) is 50.4 Å². The van der Waals surface area contributed by atoms with Crippen LogP contribution in [0.3, 0.4) is 0 Å². The van der Waals surface area contributed by atoms with Crippen molar-refractivity contribution in [1.82, 2.24) is 9.13 Å². The maximum atomic E-state index is 12.6. The van der Waals surface area contributed by atoms with Crippen molar-refractivity contribution in [2.45, 2.75) is 6.92 Å². The fourth-order valence-corrected chi connectivity index (χ4v) is 2.77. The first-order valence-corrected chi connectivity index (χ1v) is 8.11. The first-order chi connectivity index (χ1) is 12.3. The van der Waals surface area contributed by atoms with Crippen molar-refractivity contribution in [2.75, 3.05) is 5.32 Å². The first-order valence-electron chi connectivity index (χ1n) is 7.73. The number of anilines is 1. The van der Waals surface area contributed by atoms with Crippen LogP contribution < -0.4 is 16.6 Å². The van der Waals surface area contributed by atoms with E-state index in [0.717, 1.165) is 4.57 Å². The molecule has 0 unspecified atom stereocenters. The van der Waals surface area contributed by atoms with Gasteiger partial charge in [-0.05, 0) is 25.1 Å². The number of aryl methyl sites for hydroxylation is 1. The Bertz CT molecular complexity index is 1120. The molecule has 0 aliphatic carbocycles. The zero-order valence-corrected chi connectivity index (χ0v) is 15.1. The Morgan fingerprint density at radius 2 is 1.81 bits per heavy atom. The van der Waals surface area contributed by atoms with Gasteiger partial charge in [-0.3, -0.25) is 18.7 Å². The minimum absolute atomic E-state index is 0.1000. The van der Waals surface area contributed by atoms with Crippen LogP contribution in [0, 0.1) is 6.92 Å². The minimum Gasteiger partial charge on any atom is -0.460 e. The van der Waals surface area contributed by atoms with Gasteiger partial charge in [-0.2, -0.15) is 0 Å². The fraction of sp³-hybridized carbons (Fsp3) is 0.167. The number of nitrogens with one attached hydrogen (secondary N) is 1. The average Bonchev–Trinajstić information content (AvgIpc) is 2.99. The normalized spacial score (nSPS) is 10.8. The standard InChI is InChI=1S/C18H16ClN3O4/c1-10-12(8-14(26-10)11-6-4-5-7-13(11)19)17(24)20-15-9-16(23)22(3)18(25)21(15)2/h4-9H,1-3H3,(H,20,24). The molecule has 1 amide bonds. The van der Waals surface area contributed by atoms with Crippen LogP contribution in [-0.4, -0.2) is 15.0 Å². The molecule has 8 heteroatoms. The van der Waals surface area contributed by atoms with Crippen molar-refractivity contribution in [3.05, 3.63) is 73.6 Å². The summed E-state index contributed by atoms with van der Waals surface area (Å²) in [6.45, 7) is 1.65. The van der Waals surface area contributed by atoms with Gasteiger partial charge < -0.3 is 9.73 Å². The van der Waals surface area contributed by atoms with Crippen LogP contribution in [0.5, 0.6) is 0 Å². The van der Waals surface area contributed by atoms with E-state index in [4.69, 9.17) is 16.0 Å². The van der Waals surface area contributed by atoms with Crippen molar-refractivity contribution in [3.8, 4) is 11.3 Å². The monoisotopic (exact) mass is 373 g/mol. The Morgan fingerprint density at radius 3 is 2.50 bits per heavy atom. The number of halogens is 1. The quantitative estimate of drug-likeness (QED) is 0.764. The zero-order valence-electron chi connectivity index (χ0n) is 14.4.